The molecule has 0 spiro atoms. The first kappa shape index (κ1) is 24.7. The van der Waals surface area contributed by atoms with Gasteiger partial charge in [-0.3, -0.25) is 4.79 Å². The number of ketones is 1. The number of halogens is 1. The van der Waals surface area contributed by atoms with Gasteiger partial charge in [0.25, 0.3) is 0 Å². The number of nitrogens with zero attached hydrogens (tertiary/aromatic N) is 2. The zero-order valence-corrected chi connectivity index (χ0v) is 20.7. The number of rotatable bonds is 8. The Hall–Kier alpha value is -3.37. The van der Waals surface area contributed by atoms with Gasteiger partial charge in [-0.05, 0) is 49.8 Å². The van der Waals surface area contributed by atoms with Crippen LogP contribution in [0.25, 0.3) is 21.7 Å². The summed E-state index contributed by atoms with van der Waals surface area (Å²) >= 11 is 6.19. The van der Waals surface area contributed by atoms with Gasteiger partial charge in [0.05, 0.1) is 17.2 Å². The van der Waals surface area contributed by atoms with Gasteiger partial charge in [0.2, 0.25) is 0 Å². The molecule has 1 atom stereocenters. The summed E-state index contributed by atoms with van der Waals surface area (Å²) in [5, 5.41) is 13.5. The third-order valence-electron chi connectivity index (χ3n) is 6.30. The molecule has 0 aliphatic rings. The molecule has 2 aromatic heterocycles. The number of H-pyrrole nitrogens is 1. The molecular weight excluding hydrogens is 460 g/mol. The number of carbonyl (C=O) groups is 1. The summed E-state index contributed by atoms with van der Waals surface area (Å²) < 4.78 is 0. The topological polar surface area (TPSA) is 95.2 Å². The normalized spacial score (nSPS) is 12.1. The summed E-state index contributed by atoms with van der Waals surface area (Å²) in [4.78, 5) is 22.6. The number of nitrogen functional groups attached to an aromatic ring is 1. The second-order valence-electron chi connectivity index (χ2n) is 8.53. The summed E-state index contributed by atoms with van der Waals surface area (Å²) in [6.07, 6.45) is 3.69. The summed E-state index contributed by atoms with van der Waals surface area (Å²) in [5.74, 6) is 6.70. The van der Waals surface area contributed by atoms with Crippen LogP contribution in [0, 0.1) is 11.8 Å². The number of anilines is 1. The Labute approximate surface area is 210 Å². The third kappa shape index (κ3) is 5.49. The second-order valence-corrected chi connectivity index (χ2v) is 8.97. The van der Waals surface area contributed by atoms with E-state index in [0.29, 0.717) is 34.9 Å². The van der Waals surface area contributed by atoms with E-state index >= 15 is 0 Å². The summed E-state index contributed by atoms with van der Waals surface area (Å²) in [5.41, 5.74) is 8.91. The van der Waals surface area contributed by atoms with Crippen molar-refractivity contribution in [3.63, 3.8) is 0 Å². The van der Waals surface area contributed by atoms with Gasteiger partial charge in [0, 0.05) is 57.7 Å². The summed E-state index contributed by atoms with van der Waals surface area (Å²) in [6, 6.07) is 11.1. The zero-order valence-electron chi connectivity index (χ0n) is 19.9. The average molecular weight is 489 g/mol. The molecule has 2 aromatic carbocycles. The van der Waals surface area contributed by atoms with E-state index in [0.717, 1.165) is 40.3 Å². The predicted molar refractivity (Wildman–Crippen MR) is 143 cm³/mol. The number of aromatic nitrogens is 2. The molecule has 7 heteroatoms. The largest absolute Gasteiger partial charge is 0.392 e. The van der Waals surface area contributed by atoms with Crippen LogP contribution >= 0.6 is 11.6 Å². The second kappa shape index (κ2) is 10.9. The highest BCUT2D eigenvalue weighted by molar-refractivity contribution is 6.31. The highest BCUT2D eigenvalue weighted by Gasteiger charge is 2.16. The molecule has 0 aliphatic carbocycles. The Kier molecular flexibility index (Phi) is 7.72. The van der Waals surface area contributed by atoms with E-state index < -0.39 is 6.10 Å². The van der Waals surface area contributed by atoms with E-state index in [4.69, 9.17) is 17.3 Å². The maximum absolute atomic E-state index is 13.0. The Morgan fingerprint density at radius 3 is 2.74 bits per heavy atom. The van der Waals surface area contributed by atoms with E-state index in [2.05, 4.69) is 40.6 Å². The van der Waals surface area contributed by atoms with Crippen LogP contribution in [0.5, 0.6) is 0 Å². The van der Waals surface area contributed by atoms with E-state index in [1.807, 2.05) is 24.3 Å². The summed E-state index contributed by atoms with van der Waals surface area (Å²) in [7, 11) is 0. The summed E-state index contributed by atoms with van der Waals surface area (Å²) in [6.45, 7) is 6.46. The lowest BCUT2D eigenvalue weighted by Crippen LogP contribution is -2.32. The number of likely N-dealkylation sites (N-methyl/N-ethyl adjacent to an activating group) is 1. The zero-order chi connectivity index (χ0) is 24.9. The van der Waals surface area contributed by atoms with Gasteiger partial charge >= 0.3 is 0 Å². The number of aliphatic hydroxyl groups excluding tert-OH is 1. The number of Topliss-reactive ketones (excluding diaryl/α,β-unsaturated/α-hetero) is 1. The van der Waals surface area contributed by atoms with Crippen LogP contribution in [-0.2, 0) is 0 Å². The highest BCUT2D eigenvalue weighted by atomic mass is 35.5. The van der Waals surface area contributed by atoms with E-state index in [1.54, 1.807) is 24.5 Å². The Morgan fingerprint density at radius 1 is 1.17 bits per heavy atom. The van der Waals surface area contributed by atoms with Gasteiger partial charge in [0.15, 0.2) is 5.78 Å². The van der Waals surface area contributed by atoms with Gasteiger partial charge < -0.3 is 20.7 Å². The number of carbonyl (C=O) groups excluding carboxylic acids is 1. The van der Waals surface area contributed by atoms with Crippen LogP contribution in [0.15, 0.2) is 48.8 Å². The lowest BCUT2D eigenvalue weighted by molar-refractivity contribution is 0.0878. The molecule has 4 aromatic rings. The number of nitrogens with one attached hydrogen (secondary N) is 1. The van der Waals surface area contributed by atoms with Crippen molar-refractivity contribution in [1.82, 2.24) is 14.9 Å². The molecule has 0 saturated carbocycles. The quantitative estimate of drug-likeness (QED) is 0.239. The number of fused-ring (bicyclic) bond motifs is 2. The number of benzene rings is 2. The van der Waals surface area contributed by atoms with Crippen molar-refractivity contribution in [3.05, 3.63) is 70.5 Å². The van der Waals surface area contributed by atoms with Crippen LogP contribution in [0.2, 0.25) is 5.02 Å². The van der Waals surface area contributed by atoms with Crippen LogP contribution in [0.3, 0.4) is 0 Å². The minimum Gasteiger partial charge on any atom is -0.392 e. The van der Waals surface area contributed by atoms with Crippen molar-refractivity contribution in [1.29, 1.82) is 0 Å². The smallest absolute Gasteiger partial charge is 0.163 e. The molecule has 6 nitrogen and oxygen atoms in total. The number of pyridine rings is 1. The number of hydrogen-bond acceptors (Lipinski definition) is 5. The van der Waals surface area contributed by atoms with Gasteiger partial charge in [-0.15, -0.1) is 0 Å². The Bertz CT molecular complexity index is 1420. The van der Waals surface area contributed by atoms with Crippen molar-refractivity contribution in [3.8, 4) is 11.8 Å². The number of aromatic amines is 1. The average Bonchev–Trinajstić information content (AvgIpc) is 3.35. The molecule has 0 radical (unpaired) electrons. The lowest BCUT2D eigenvalue weighted by Gasteiger charge is -2.21. The SMILES string of the molecule is CCN(CC)CC(O)CCC(=O)c1ccc(C#Cc2c(N)ncc3ccc(Cl)cc23)c2[nH]ccc12. The molecule has 180 valence electrons. The minimum atomic E-state index is -0.529. The predicted octanol–water partition coefficient (Wildman–Crippen LogP) is 5.02. The van der Waals surface area contributed by atoms with E-state index in [9.17, 15) is 9.90 Å². The molecule has 35 heavy (non-hydrogen) atoms. The lowest BCUT2D eigenvalue weighted by atomic mass is 9.98. The Balaban J connectivity index is 1.59. The molecule has 0 fully saturated rings. The van der Waals surface area contributed by atoms with Crippen molar-refractivity contribution in [2.75, 3.05) is 25.4 Å². The minimum absolute atomic E-state index is 0.00449. The molecule has 4 N–H and O–H groups in total. The first-order valence-corrected chi connectivity index (χ1v) is 12.2. The standard InChI is InChI=1S/C28H29ClN4O2/c1-3-33(4-2)17-21(34)9-12-26(35)22-10-6-18(27-23(22)13-14-31-27)7-11-24-25-15-20(29)8-5-19(25)16-32-28(24)30/h5-6,8,10,13-16,21,31,34H,3-4,9,12,17H2,1-2H3,(H2,30,32). The fourth-order valence-electron chi connectivity index (χ4n) is 4.27. The van der Waals surface area contributed by atoms with E-state index in [1.165, 1.54) is 0 Å². The number of hydrogen-bond donors (Lipinski definition) is 3. The van der Waals surface area contributed by atoms with Crippen molar-refractivity contribution < 1.29 is 9.90 Å². The van der Waals surface area contributed by atoms with Crippen LogP contribution in [0.4, 0.5) is 5.82 Å². The maximum Gasteiger partial charge on any atom is 0.163 e. The van der Waals surface area contributed by atoms with Crippen molar-refractivity contribution in [2.24, 2.45) is 0 Å². The van der Waals surface area contributed by atoms with E-state index in [-0.39, 0.29) is 12.2 Å². The Morgan fingerprint density at radius 2 is 1.97 bits per heavy atom. The van der Waals surface area contributed by atoms with Gasteiger partial charge in [-0.1, -0.05) is 43.4 Å². The first-order chi connectivity index (χ1) is 16.9. The van der Waals surface area contributed by atoms with Crippen LogP contribution < -0.4 is 5.73 Å². The van der Waals surface area contributed by atoms with Gasteiger partial charge in [-0.2, -0.15) is 0 Å². The molecule has 2 heterocycles. The molecule has 0 saturated heterocycles. The first-order valence-electron chi connectivity index (χ1n) is 11.8. The van der Waals surface area contributed by atoms with Crippen molar-refractivity contribution in [2.45, 2.75) is 32.8 Å². The van der Waals surface area contributed by atoms with Gasteiger partial charge in [-0.25, -0.2) is 4.98 Å². The van der Waals surface area contributed by atoms with Crippen LogP contribution in [0.1, 0.15) is 48.2 Å². The fraction of sp³-hybridized carbons (Fsp3) is 0.286. The molecular formula is C28H29ClN4O2. The number of nitrogens with two attached hydrogens (primary N) is 1. The maximum atomic E-state index is 13.0. The van der Waals surface area contributed by atoms with Gasteiger partial charge in [0.1, 0.15) is 5.82 Å². The number of aliphatic hydroxyl groups is 1. The fourth-order valence-corrected chi connectivity index (χ4v) is 4.44. The molecule has 0 aliphatic heterocycles. The van der Waals surface area contributed by atoms with Crippen molar-refractivity contribution >= 4 is 44.9 Å². The molecule has 1 unspecified atom stereocenters. The molecule has 0 bridgehead atoms. The highest BCUT2D eigenvalue weighted by Crippen LogP contribution is 2.26. The van der Waals surface area contributed by atoms with Crippen LogP contribution in [-0.4, -0.2) is 51.5 Å². The molecule has 4 rings (SSSR count). The monoisotopic (exact) mass is 488 g/mol. The molecule has 0 amide bonds. The third-order valence-corrected chi connectivity index (χ3v) is 6.53.